The predicted octanol–water partition coefficient (Wildman–Crippen LogP) is 4.73. The van der Waals surface area contributed by atoms with Gasteiger partial charge in [-0.25, -0.2) is 0 Å². The van der Waals surface area contributed by atoms with Crippen LogP contribution in [0.1, 0.15) is 44.1 Å². The van der Waals surface area contributed by atoms with E-state index in [1.165, 1.54) is 5.56 Å². The van der Waals surface area contributed by atoms with E-state index in [4.69, 9.17) is 14.0 Å². The zero-order valence-corrected chi connectivity index (χ0v) is 20.2. The zero-order chi connectivity index (χ0) is 24.1. The van der Waals surface area contributed by atoms with Gasteiger partial charge in [0.25, 0.3) is 0 Å². The Morgan fingerprint density at radius 2 is 1.91 bits per heavy atom. The first kappa shape index (κ1) is 23.8. The molecule has 1 aliphatic rings. The molecule has 2 heterocycles. The van der Waals surface area contributed by atoms with Gasteiger partial charge in [-0.05, 0) is 61.2 Å². The molecule has 8 nitrogen and oxygen atoms in total. The molecule has 1 aromatic heterocycles. The number of methoxy groups -OCH3 is 2. The summed E-state index contributed by atoms with van der Waals surface area (Å²) in [5, 5.41) is 7.19. The summed E-state index contributed by atoms with van der Waals surface area (Å²) in [6.45, 7) is 6.37. The predicted molar refractivity (Wildman–Crippen MR) is 130 cm³/mol. The highest BCUT2D eigenvalue weighted by Crippen LogP contribution is 2.31. The maximum absolute atomic E-state index is 12.9. The number of anilines is 1. The van der Waals surface area contributed by atoms with Crippen molar-refractivity contribution in [1.82, 2.24) is 15.0 Å². The maximum Gasteiger partial charge on any atom is 0.241 e. The van der Waals surface area contributed by atoms with Crippen molar-refractivity contribution in [2.45, 2.75) is 39.2 Å². The van der Waals surface area contributed by atoms with Crippen LogP contribution in [0.5, 0.6) is 11.5 Å². The number of hydrogen-bond donors (Lipinski definition) is 1. The largest absolute Gasteiger partial charge is 0.493 e. The number of likely N-dealkylation sites (tertiary alicyclic amines) is 1. The van der Waals surface area contributed by atoms with Crippen LogP contribution in [0.15, 0.2) is 47.0 Å². The highest BCUT2D eigenvalue weighted by atomic mass is 16.5. The van der Waals surface area contributed by atoms with Crippen molar-refractivity contribution in [3.8, 4) is 22.9 Å². The standard InChI is InChI=1S/C26H32N4O4/c1-17(2)18-7-10-21(11-8-18)27-26(31)20-6-5-13-30(15-20)16-24-28-25(29-34-24)19-9-12-22(32-3)23(14-19)33-4/h7-12,14,17,20H,5-6,13,15-16H2,1-4H3,(H,27,31)/t20-/m1/s1. The molecule has 1 aliphatic heterocycles. The van der Waals surface area contributed by atoms with Crippen LogP contribution < -0.4 is 14.8 Å². The molecule has 34 heavy (non-hydrogen) atoms. The number of rotatable bonds is 8. The van der Waals surface area contributed by atoms with Gasteiger partial charge < -0.3 is 19.3 Å². The summed E-state index contributed by atoms with van der Waals surface area (Å²) in [7, 11) is 3.19. The highest BCUT2D eigenvalue weighted by molar-refractivity contribution is 5.92. The molecule has 8 heteroatoms. The van der Waals surface area contributed by atoms with Crippen LogP contribution in [-0.4, -0.2) is 48.3 Å². The second-order valence-corrected chi connectivity index (χ2v) is 8.92. The topological polar surface area (TPSA) is 89.7 Å². The molecule has 1 amide bonds. The average Bonchev–Trinajstić information content (AvgIpc) is 3.32. The van der Waals surface area contributed by atoms with Gasteiger partial charge in [0.2, 0.25) is 17.6 Å². The van der Waals surface area contributed by atoms with E-state index in [0.29, 0.717) is 42.2 Å². The number of nitrogens with zero attached hydrogens (tertiary/aromatic N) is 3. The number of carbonyl (C=O) groups excluding carboxylic acids is 1. The lowest BCUT2D eigenvalue weighted by Crippen LogP contribution is -2.40. The molecule has 0 saturated carbocycles. The number of aromatic nitrogens is 2. The minimum atomic E-state index is -0.0771. The molecule has 1 fully saturated rings. The number of benzene rings is 2. The molecule has 1 N–H and O–H groups in total. The number of ether oxygens (including phenoxy) is 2. The first-order valence-corrected chi connectivity index (χ1v) is 11.6. The lowest BCUT2D eigenvalue weighted by atomic mass is 9.97. The van der Waals surface area contributed by atoms with E-state index in [-0.39, 0.29) is 11.8 Å². The third-order valence-corrected chi connectivity index (χ3v) is 6.19. The van der Waals surface area contributed by atoms with E-state index >= 15 is 0 Å². The van der Waals surface area contributed by atoms with Crippen molar-refractivity contribution in [2.24, 2.45) is 5.92 Å². The molecule has 0 unspecified atom stereocenters. The third kappa shape index (κ3) is 5.56. The van der Waals surface area contributed by atoms with Gasteiger partial charge in [0.05, 0.1) is 26.7 Å². The van der Waals surface area contributed by atoms with Crippen LogP contribution >= 0.6 is 0 Å². The molecule has 1 saturated heterocycles. The molecule has 0 bridgehead atoms. The normalized spacial score (nSPS) is 16.4. The second kappa shape index (κ2) is 10.7. The van der Waals surface area contributed by atoms with Gasteiger partial charge in [-0.3, -0.25) is 9.69 Å². The van der Waals surface area contributed by atoms with E-state index < -0.39 is 0 Å². The van der Waals surface area contributed by atoms with Gasteiger partial charge in [0.1, 0.15) is 0 Å². The van der Waals surface area contributed by atoms with Crippen molar-refractivity contribution in [3.05, 3.63) is 53.9 Å². The lowest BCUT2D eigenvalue weighted by molar-refractivity contribution is -0.121. The van der Waals surface area contributed by atoms with E-state index in [9.17, 15) is 4.79 Å². The number of carbonyl (C=O) groups is 1. The van der Waals surface area contributed by atoms with Crippen LogP contribution in [0.2, 0.25) is 0 Å². The quantitative estimate of drug-likeness (QED) is 0.515. The van der Waals surface area contributed by atoms with Crippen LogP contribution in [0, 0.1) is 5.92 Å². The van der Waals surface area contributed by atoms with Crippen molar-refractivity contribution in [1.29, 1.82) is 0 Å². The van der Waals surface area contributed by atoms with Gasteiger partial charge in [-0.15, -0.1) is 0 Å². The molecular formula is C26H32N4O4. The maximum atomic E-state index is 12.9. The summed E-state index contributed by atoms with van der Waals surface area (Å²) < 4.78 is 16.1. The highest BCUT2D eigenvalue weighted by Gasteiger charge is 2.27. The molecule has 2 aromatic carbocycles. The fourth-order valence-corrected chi connectivity index (χ4v) is 4.21. The number of nitrogens with one attached hydrogen (secondary N) is 1. The Hall–Kier alpha value is -3.39. The monoisotopic (exact) mass is 464 g/mol. The van der Waals surface area contributed by atoms with Crippen LogP contribution in [-0.2, 0) is 11.3 Å². The van der Waals surface area contributed by atoms with Crippen molar-refractivity contribution < 1.29 is 18.8 Å². The third-order valence-electron chi connectivity index (χ3n) is 6.19. The van der Waals surface area contributed by atoms with E-state index in [0.717, 1.165) is 30.6 Å². The Morgan fingerprint density at radius 3 is 2.62 bits per heavy atom. The lowest BCUT2D eigenvalue weighted by Gasteiger charge is -2.30. The zero-order valence-electron chi connectivity index (χ0n) is 20.2. The molecule has 0 aliphatic carbocycles. The number of hydrogen-bond acceptors (Lipinski definition) is 7. The van der Waals surface area contributed by atoms with Crippen LogP contribution in [0.25, 0.3) is 11.4 Å². The molecular weight excluding hydrogens is 432 g/mol. The van der Waals surface area contributed by atoms with Crippen molar-refractivity contribution in [2.75, 3.05) is 32.6 Å². The van der Waals surface area contributed by atoms with E-state index in [1.807, 2.05) is 30.3 Å². The fourth-order valence-electron chi connectivity index (χ4n) is 4.21. The summed E-state index contributed by atoms with van der Waals surface area (Å²) in [5.74, 6) is 2.71. The van der Waals surface area contributed by atoms with Gasteiger partial charge in [0.15, 0.2) is 11.5 Å². The Bertz CT molecular complexity index is 1110. The minimum Gasteiger partial charge on any atom is -0.493 e. The Kier molecular flexibility index (Phi) is 7.47. The molecule has 1 atom stereocenters. The average molecular weight is 465 g/mol. The number of piperidine rings is 1. The summed E-state index contributed by atoms with van der Waals surface area (Å²) in [6, 6.07) is 13.6. The molecule has 0 radical (unpaired) electrons. The second-order valence-electron chi connectivity index (χ2n) is 8.92. The van der Waals surface area contributed by atoms with Crippen LogP contribution in [0.3, 0.4) is 0 Å². The van der Waals surface area contributed by atoms with Gasteiger partial charge in [0, 0.05) is 17.8 Å². The van der Waals surface area contributed by atoms with Gasteiger partial charge in [-0.1, -0.05) is 31.1 Å². The van der Waals surface area contributed by atoms with E-state index in [2.05, 4.69) is 46.3 Å². The molecule has 4 rings (SSSR count). The van der Waals surface area contributed by atoms with Crippen molar-refractivity contribution >= 4 is 11.6 Å². The van der Waals surface area contributed by atoms with Gasteiger partial charge in [-0.2, -0.15) is 4.98 Å². The van der Waals surface area contributed by atoms with Crippen LogP contribution in [0.4, 0.5) is 5.69 Å². The first-order valence-electron chi connectivity index (χ1n) is 11.6. The Labute approximate surface area is 200 Å². The Morgan fingerprint density at radius 1 is 1.15 bits per heavy atom. The van der Waals surface area contributed by atoms with Gasteiger partial charge >= 0.3 is 0 Å². The van der Waals surface area contributed by atoms with E-state index in [1.54, 1.807) is 14.2 Å². The summed E-state index contributed by atoms with van der Waals surface area (Å²) in [4.78, 5) is 19.6. The fraction of sp³-hybridized carbons (Fsp3) is 0.423. The first-order chi connectivity index (χ1) is 16.5. The minimum absolute atomic E-state index is 0.0542. The number of amides is 1. The molecule has 0 spiro atoms. The van der Waals surface area contributed by atoms with Crippen molar-refractivity contribution in [3.63, 3.8) is 0 Å². The summed E-state index contributed by atoms with van der Waals surface area (Å²) >= 11 is 0. The summed E-state index contributed by atoms with van der Waals surface area (Å²) in [5.41, 5.74) is 2.88. The molecule has 180 valence electrons. The smallest absolute Gasteiger partial charge is 0.241 e. The Balaban J connectivity index is 1.36. The SMILES string of the molecule is COc1ccc(-c2noc(CN3CCC[C@@H](C(=O)Nc4ccc(C(C)C)cc4)C3)n2)cc1OC. The molecule has 3 aromatic rings. The summed E-state index contributed by atoms with van der Waals surface area (Å²) in [6.07, 6.45) is 1.81.